The molecule has 6 heteroatoms. The fraction of sp³-hybridized carbons (Fsp3) is 0.452. The highest BCUT2D eigenvalue weighted by Crippen LogP contribution is 2.35. The van der Waals surface area contributed by atoms with Gasteiger partial charge in [-0.05, 0) is 80.2 Å². The summed E-state index contributed by atoms with van der Waals surface area (Å²) in [7, 11) is 0. The van der Waals surface area contributed by atoms with Gasteiger partial charge in [-0.25, -0.2) is 9.97 Å². The second kappa shape index (κ2) is 12.1. The van der Waals surface area contributed by atoms with E-state index >= 15 is 0 Å². The first-order chi connectivity index (χ1) is 18.1. The molecule has 2 heterocycles. The topological polar surface area (TPSA) is 58.1 Å². The van der Waals surface area contributed by atoms with E-state index in [0.717, 1.165) is 43.1 Å². The Morgan fingerprint density at radius 3 is 2.57 bits per heavy atom. The minimum absolute atomic E-state index is 0.0485. The fourth-order valence-electron chi connectivity index (χ4n) is 5.83. The van der Waals surface area contributed by atoms with E-state index in [0.29, 0.717) is 23.9 Å². The molecule has 2 aliphatic rings. The molecule has 1 amide bonds. The molecule has 1 N–H and O–H groups in total. The van der Waals surface area contributed by atoms with Gasteiger partial charge in [-0.1, -0.05) is 67.3 Å². The van der Waals surface area contributed by atoms with Gasteiger partial charge in [0.1, 0.15) is 0 Å². The quantitative estimate of drug-likeness (QED) is 0.354. The summed E-state index contributed by atoms with van der Waals surface area (Å²) in [6.07, 6.45) is 11.7. The van der Waals surface area contributed by atoms with Crippen molar-refractivity contribution in [2.75, 3.05) is 18.0 Å². The van der Waals surface area contributed by atoms with Crippen LogP contribution in [0.5, 0.6) is 0 Å². The minimum atomic E-state index is -0.0485. The average Bonchev–Trinajstić information content (AvgIpc) is 3.42. The zero-order chi connectivity index (χ0) is 25.6. The predicted octanol–water partition coefficient (Wildman–Crippen LogP) is 6.88. The van der Waals surface area contributed by atoms with Gasteiger partial charge in [0.25, 0.3) is 5.91 Å². The van der Waals surface area contributed by atoms with Crippen molar-refractivity contribution in [2.45, 2.75) is 70.8 Å². The number of rotatable bonds is 8. The molecule has 0 radical (unpaired) electrons. The Labute approximate surface area is 225 Å². The monoisotopic (exact) mass is 516 g/mol. The molecular weight excluding hydrogens is 480 g/mol. The van der Waals surface area contributed by atoms with Crippen LogP contribution in [0, 0.1) is 12.8 Å². The van der Waals surface area contributed by atoms with Crippen molar-refractivity contribution in [3.63, 3.8) is 0 Å². The Morgan fingerprint density at radius 2 is 1.78 bits per heavy atom. The third-order valence-electron chi connectivity index (χ3n) is 8.03. The van der Waals surface area contributed by atoms with Gasteiger partial charge in [-0.3, -0.25) is 4.79 Å². The summed E-state index contributed by atoms with van der Waals surface area (Å²) in [5.74, 6) is 1.24. The van der Waals surface area contributed by atoms with Crippen LogP contribution >= 0.6 is 11.6 Å². The van der Waals surface area contributed by atoms with Crippen LogP contribution < -0.4 is 10.2 Å². The number of benzene rings is 2. The molecule has 3 aromatic rings. The van der Waals surface area contributed by atoms with E-state index in [2.05, 4.69) is 53.5 Å². The molecule has 1 aliphatic heterocycles. The number of aromatic nitrogens is 2. The molecular formula is C31H37ClN4O. The van der Waals surface area contributed by atoms with Crippen molar-refractivity contribution in [3.8, 4) is 0 Å². The standard InChI is InChI=1S/C31H37ClN4O/c1-22-8-5-6-11-24(22)15-18-28-27(30(37)33-20-23-9-3-2-4-10-23)21-34-31(35-28)36-19-7-12-29(36)25-13-16-26(32)17-14-25/h5-6,8,11,13-14,16-17,21,23,29H,2-4,7,9-10,12,15,18-20H2,1H3,(H,33,37). The second-order valence-electron chi connectivity index (χ2n) is 10.6. The number of halogens is 1. The van der Waals surface area contributed by atoms with Crippen LogP contribution in [0.2, 0.25) is 5.02 Å². The molecule has 194 valence electrons. The number of carbonyl (C=O) groups excluding carboxylic acids is 1. The van der Waals surface area contributed by atoms with E-state index in [1.54, 1.807) is 6.20 Å². The van der Waals surface area contributed by atoms with E-state index in [1.165, 1.54) is 48.8 Å². The summed E-state index contributed by atoms with van der Waals surface area (Å²) in [4.78, 5) is 25.4. The van der Waals surface area contributed by atoms with Gasteiger partial charge >= 0.3 is 0 Å². The molecule has 5 nitrogen and oxygen atoms in total. The zero-order valence-electron chi connectivity index (χ0n) is 21.8. The number of nitrogens with zero attached hydrogens (tertiary/aromatic N) is 3. The molecule has 1 saturated carbocycles. The summed E-state index contributed by atoms with van der Waals surface area (Å²) in [6.45, 7) is 3.78. The molecule has 1 unspecified atom stereocenters. The van der Waals surface area contributed by atoms with Crippen molar-refractivity contribution >= 4 is 23.5 Å². The first kappa shape index (κ1) is 25.7. The summed E-state index contributed by atoms with van der Waals surface area (Å²) in [5.41, 5.74) is 5.21. The van der Waals surface area contributed by atoms with Gasteiger partial charge in [-0.2, -0.15) is 0 Å². The van der Waals surface area contributed by atoms with Gasteiger partial charge in [0.15, 0.2) is 0 Å². The van der Waals surface area contributed by atoms with Crippen LogP contribution in [0.1, 0.15) is 83.7 Å². The number of aryl methyl sites for hydroxylation is 3. The first-order valence-corrected chi connectivity index (χ1v) is 14.2. The maximum Gasteiger partial charge on any atom is 0.254 e. The lowest BCUT2D eigenvalue weighted by atomic mass is 9.89. The highest BCUT2D eigenvalue weighted by molar-refractivity contribution is 6.30. The van der Waals surface area contributed by atoms with Gasteiger partial charge in [-0.15, -0.1) is 0 Å². The summed E-state index contributed by atoms with van der Waals surface area (Å²) in [5, 5.41) is 3.94. The summed E-state index contributed by atoms with van der Waals surface area (Å²) in [6, 6.07) is 16.7. The van der Waals surface area contributed by atoms with Crippen LogP contribution in [0.15, 0.2) is 54.7 Å². The number of carbonyl (C=O) groups is 1. The van der Waals surface area contributed by atoms with Crippen molar-refractivity contribution in [1.29, 1.82) is 0 Å². The molecule has 1 atom stereocenters. The van der Waals surface area contributed by atoms with Crippen LogP contribution in [0.4, 0.5) is 5.95 Å². The zero-order valence-corrected chi connectivity index (χ0v) is 22.5. The van der Waals surface area contributed by atoms with Crippen LogP contribution in [0.3, 0.4) is 0 Å². The van der Waals surface area contributed by atoms with Crippen LogP contribution in [-0.2, 0) is 12.8 Å². The fourth-order valence-corrected chi connectivity index (χ4v) is 5.96. The Balaban J connectivity index is 1.39. The predicted molar refractivity (Wildman–Crippen MR) is 150 cm³/mol. The summed E-state index contributed by atoms with van der Waals surface area (Å²) < 4.78 is 0. The molecule has 1 aromatic heterocycles. The molecule has 2 fully saturated rings. The highest BCUT2D eigenvalue weighted by Gasteiger charge is 2.29. The number of hydrogen-bond donors (Lipinski definition) is 1. The first-order valence-electron chi connectivity index (χ1n) is 13.8. The Kier molecular flexibility index (Phi) is 8.40. The number of nitrogens with one attached hydrogen (secondary N) is 1. The maximum atomic E-state index is 13.3. The largest absolute Gasteiger partial charge is 0.352 e. The second-order valence-corrected chi connectivity index (χ2v) is 11.0. The third kappa shape index (κ3) is 6.32. The minimum Gasteiger partial charge on any atom is -0.352 e. The smallest absolute Gasteiger partial charge is 0.254 e. The van der Waals surface area contributed by atoms with E-state index in [4.69, 9.17) is 21.6 Å². The average molecular weight is 517 g/mol. The van der Waals surface area contributed by atoms with Crippen LogP contribution in [-0.4, -0.2) is 29.0 Å². The Bertz CT molecular complexity index is 1210. The van der Waals surface area contributed by atoms with Crippen LogP contribution in [0.25, 0.3) is 0 Å². The van der Waals surface area contributed by atoms with E-state index < -0.39 is 0 Å². The molecule has 5 rings (SSSR count). The lowest BCUT2D eigenvalue weighted by Gasteiger charge is -2.26. The van der Waals surface area contributed by atoms with Gasteiger partial charge in [0.2, 0.25) is 5.95 Å². The molecule has 2 aromatic carbocycles. The molecule has 37 heavy (non-hydrogen) atoms. The lowest BCUT2D eigenvalue weighted by molar-refractivity contribution is 0.0941. The Morgan fingerprint density at radius 1 is 1.00 bits per heavy atom. The molecule has 0 bridgehead atoms. The maximum absolute atomic E-state index is 13.3. The molecule has 1 saturated heterocycles. The molecule has 1 aliphatic carbocycles. The van der Waals surface area contributed by atoms with Crippen molar-refractivity contribution in [3.05, 3.63) is 87.7 Å². The Hall–Kier alpha value is -2.92. The highest BCUT2D eigenvalue weighted by atomic mass is 35.5. The lowest BCUT2D eigenvalue weighted by Crippen LogP contribution is -2.32. The SMILES string of the molecule is Cc1ccccc1CCc1nc(N2CCCC2c2ccc(Cl)cc2)ncc1C(=O)NCC1CCCCC1. The van der Waals surface area contributed by atoms with E-state index in [-0.39, 0.29) is 11.9 Å². The number of amides is 1. The van der Waals surface area contributed by atoms with Crippen molar-refractivity contribution in [1.82, 2.24) is 15.3 Å². The molecule has 0 spiro atoms. The number of hydrogen-bond acceptors (Lipinski definition) is 4. The summed E-state index contributed by atoms with van der Waals surface area (Å²) >= 11 is 6.13. The third-order valence-corrected chi connectivity index (χ3v) is 8.28. The number of anilines is 1. The van der Waals surface area contributed by atoms with Gasteiger partial charge < -0.3 is 10.2 Å². The van der Waals surface area contributed by atoms with Crippen molar-refractivity contribution < 1.29 is 4.79 Å². The van der Waals surface area contributed by atoms with Gasteiger partial charge in [0.05, 0.1) is 17.3 Å². The normalized spacial score (nSPS) is 18.2. The van der Waals surface area contributed by atoms with E-state index in [1.807, 2.05) is 12.1 Å². The van der Waals surface area contributed by atoms with E-state index in [9.17, 15) is 4.79 Å². The van der Waals surface area contributed by atoms with Gasteiger partial charge in [0, 0.05) is 24.3 Å². The van der Waals surface area contributed by atoms with Crippen molar-refractivity contribution in [2.24, 2.45) is 5.92 Å².